The number of nitrogens with one attached hydrogen (secondary N) is 2. The van der Waals surface area contributed by atoms with Gasteiger partial charge in [0.15, 0.2) is 0 Å². The fraction of sp³-hybridized carbons (Fsp3) is 0.846. The molecule has 2 fully saturated rings. The molecule has 2 unspecified atom stereocenters. The van der Waals surface area contributed by atoms with E-state index in [2.05, 4.69) is 10.6 Å². The van der Waals surface area contributed by atoms with Crippen LogP contribution < -0.4 is 10.6 Å². The lowest BCUT2D eigenvalue weighted by atomic mass is 9.98. The molecule has 3 N–H and O–H groups in total. The minimum absolute atomic E-state index is 0.0164. The highest BCUT2D eigenvalue weighted by Crippen LogP contribution is 2.30. The van der Waals surface area contributed by atoms with E-state index in [1.54, 1.807) is 7.11 Å². The molecule has 2 amide bonds. The van der Waals surface area contributed by atoms with Crippen molar-refractivity contribution < 1.29 is 19.4 Å². The normalized spacial score (nSPS) is 29.1. The summed E-state index contributed by atoms with van der Waals surface area (Å²) in [5, 5.41) is 14.8. The molecule has 2 aliphatic carbocycles. The van der Waals surface area contributed by atoms with Crippen LogP contribution in [0, 0.1) is 0 Å². The van der Waals surface area contributed by atoms with Crippen LogP contribution in [0.2, 0.25) is 0 Å². The zero-order chi connectivity index (χ0) is 13.9. The monoisotopic (exact) mass is 270 g/mol. The number of carboxylic acids is 1. The first kappa shape index (κ1) is 14.1. The minimum Gasteiger partial charge on any atom is -0.480 e. The molecule has 2 saturated carbocycles. The standard InChI is InChI=1S/C13H22N2O4/c1-19-10-6-4-5-9(10)14-12(18)15-13(11(16)17)7-2-3-8-13/h9-10H,2-8H2,1H3,(H,16,17)(H2,14,15,18). The zero-order valence-corrected chi connectivity index (χ0v) is 11.3. The third-order valence-electron chi connectivity index (χ3n) is 4.29. The number of aliphatic carboxylic acids is 1. The van der Waals surface area contributed by atoms with Gasteiger partial charge < -0.3 is 20.5 Å². The number of carbonyl (C=O) groups is 2. The molecule has 0 aromatic rings. The molecular formula is C13H22N2O4. The molecule has 0 heterocycles. The lowest BCUT2D eigenvalue weighted by Crippen LogP contribution is -2.57. The summed E-state index contributed by atoms with van der Waals surface area (Å²) in [6.07, 6.45) is 5.58. The number of hydrogen-bond donors (Lipinski definition) is 3. The fourth-order valence-electron chi connectivity index (χ4n) is 3.17. The molecule has 0 aromatic heterocycles. The molecule has 0 aromatic carbocycles. The van der Waals surface area contributed by atoms with E-state index < -0.39 is 17.5 Å². The number of methoxy groups -OCH3 is 1. The van der Waals surface area contributed by atoms with Crippen LogP contribution in [0.1, 0.15) is 44.9 Å². The predicted octanol–water partition coefficient (Wildman–Crippen LogP) is 1.25. The maximum atomic E-state index is 12.0. The second-order valence-corrected chi connectivity index (χ2v) is 5.50. The molecule has 6 heteroatoms. The Balaban J connectivity index is 1.91. The van der Waals surface area contributed by atoms with Gasteiger partial charge in [0.05, 0.1) is 12.1 Å². The SMILES string of the molecule is COC1CCCC1NC(=O)NC1(C(=O)O)CCCC1. The number of hydrogen-bond acceptors (Lipinski definition) is 3. The largest absolute Gasteiger partial charge is 0.480 e. The molecule has 2 aliphatic rings. The van der Waals surface area contributed by atoms with Crippen LogP contribution in [0.25, 0.3) is 0 Å². The number of amides is 2. The molecule has 19 heavy (non-hydrogen) atoms. The van der Waals surface area contributed by atoms with Crippen molar-refractivity contribution in [2.45, 2.75) is 62.6 Å². The van der Waals surface area contributed by atoms with Crippen LogP contribution in [0.15, 0.2) is 0 Å². The Hall–Kier alpha value is -1.30. The van der Waals surface area contributed by atoms with Gasteiger partial charge in [-0.25, -0.2) is 9.59 Å². The van der Waals surface area contributed by atoms with Crippen LogP contribution >= 0.6 is 0 Å². The summed E-state index contributed by atoms with van der Waals surface area (Å²) in [7, 11) is 1.64. The highest BCUT2D eigenvalue weighted by Gasteiger charge is 2.43. The average molecular weight is 270 g/mol. The highest BCUT2D eigenvalue weighted by atomic mass is 16.5. The van der Waals surface area contributed by atoms with E-state index in [0.717, 1.165) is 32.1 Å². The second kappa shape index (κ2) is 5.77. The molecule has 108 valence electrons. The van der Waals surface area contributed by atoms with Gasteiger partial charge in [0.2, 0.25) is 0 Å². The Morgan fingerprint density at radius 3 is 2.47 bits per heavy atom. The van der Waals surface area contributed by atoms with Gasteiger partial charge in [-0.2, -0.15) is 0 Å². The van der Waals surface area contributed by atoms with Gasteiger partial charge in [-0.15, -0.1) is 0 Å². The summed E-state index contributed by atoms with van der Waals surface area (Å²) in [4.78, 5) is 23.3. The lowest BCUT2D eigenvalue weighted by Gasteiger charge is -2.27. The quantitative estimate of drug-likeness (QED) is 0.717. The maximum Gasteiger partial charge on any atom is 0.329 e. The van der Waals surface area contributed by atoms with Gasteiger partial charge in [0.25, 0.3) is 0 Å². The summed E-state index contributed by atoms with van der Waals surface area (Å²) in [5.74, 6) is -0.935. The Morgan fingerprint density at radius 1 is 1.21 bits per heavy atom. The van der Waals surface area contributed by atoms with Crippen molar-refractivity contribution in [2.24, 2.45) is 0 Å². The Labute approximate surface area is 112 Å². The van der Waals surface area contributed by atoms with E-state index in [4.69, 9.17) is 4.74 Å². The second-order valence-electron chi connectivity index (χ2n) is 5.50. The van der Waals surface area contributed by atoms with Gasteiger partial charge in [0.1, 0.15) is 5.54 Å². The first-order valence-corrected chi connectivity index (χ1v) is 6.92. The average Bonchev–Trinajstić information content (AvgIpc) is 2.98. The van der Waals surface area contributed by atoms with Crippen molar-refractivity contribution in [1.82, 2.24) is 10.6 Å². The van der Waals surface area contributed by atoms with Crippen LogP contribution in [-0.4, -0.2) is 41.9 Å². The van der Waals surface area contributed by atoms with Crippen LogP contribution in [-0.2, 0) is 9.53 Å². The third-order valence-corrected chi connectivity index (χ3v) is 4.29. The Bertz CT molecular complexity index is 353. The number of urea groups is 1. The molecule has 0 aliphatic heterocycles. The summed E-state index contributed by atoms with van der Waals surface area (Å²) >= 11 is 0. The molecule has 0 spiro atoms. The molecule has 0 saturated heterocycles. The van der Waals surface area contributed by atoms with Gasteiger partial charge >= 0.3 is 12.0 Å². The summed E-state index contributed by atoms with van der Waals surface area (Å²) < 4.78 is 5.31. The van der Waals surface area contributed by atoms with Crippen LogP contribution in [0.3, 0.4) is 0 Å². The van der Waals surface area contributed by atoms with Crippen molar-refractivity contribution in [2.75, 3.05) is 7.11 Å². The van der Waals surface area contributed by atoms with Crippen molar-refractivity contribution in [1.29, 1.82) is 0 Å². The number of carboxylic acid groups (broad SMARTS) is 1. The minimum atomic E-state index is -1.08. The summed E-state index contributed by atoms with van der Waals surface area (Å²) in [6, 6.07) is -0.407. The van der Waals surface area contributed by atoms with E-state index in [9.17, 15) is 14.7 Å². The van der Waals surface area contributed by atoms with E-state index in [-0.39, 0.29) is 12.1 Å². The third kappa shape index (κ3) is 3.00. The molecule has 0 radical (unpaired) electrons. The lowest BCUT2D eigenvalue weighted by molar-refractivity contribution is -0.144. The molecular weight excluding hydrogens is 248 g/mol. The van der Waals surface area contributed by atoms with Gasteiger partial charge in [-0.1, -0.05) is 12.8 Å². The molecule has 2 atom stereocenters. The van der Waals surface area contributed by atoms with E-state index in [0.29, 0.717) is 12.8 Å². The first-order chi connectivity index (χ1) is 9.07. The summed E-state index contributed by atoms with van der Waals surface area (Å²) in [6.45, 7) is 0. The van der Waals surface area contributed by atoms with E-state index >= 15 is 0 Å². The van der Waals surface area contributed by atoms with Crippen molar-refractivity contribution >= 4 is 12.0 Å². The van der Waals surface area contributed by atoms with Crippen LogP contribution in [0.5, 0.6) is 0 Å². The van der Waals surface area contributed by atoms with Crippen molar-refractivity contribution in [3.8, 4) is 0 Å². The van der Waals surface area contributed by atoms with E-state index in [1.165, 1.54) is 0 Å². The van der Waals surface area contributed by atoms with Gasteiger partial charge in [-0.3, -0.25) is 0 Å². The predicted molar refractivity (Wildman–Crippen MR) is 68.9 cm³/mol. The number of ether oxygens (including phenoxy) is 1. The topological polar surface area (TPSA) is 87.7 Å². The van der Waals surface area contributed by atoms with Gasteiger partial charge in [0, 0.05) is 7.11 Å². The summed E-state index contributed by atoms with van der Waals surface area (Å²) in [5.41, 5.74) is -1.08. The van der Waals surface area contributed by atoms with Crippen LogP contribution in [0.4, 0.5) is 4.79 Å². The number of rotatable bonds is 4. The Morgan fingerprint density at radius 2 is 1.89 bits per heavy atom. The molecule has 0 bridgehead atoms. The Kier molecular flexibility index (Phi) is 4.29. The first-order valence-electron chi connectivity index (χ1n) is 6.92. The fourth-order valence-corrected chi connectivity index (χ4v) is 3.17. The highest BCUT2D eigenvalue weighted by molar-refractivity contribution is 5.86. The zero-order valence-electron chi connectivity index (χ0n) is 11.3. The van der Waals surface area contributed by atoms with Crippen molar-refractivity contribution in [3.63, 3.8) is 0 Å². The number of carbonyl (C=O) groups excluding carboxylic acids is 1. The molecule has 2 rings (SSSR count). The van der Waals surface area contributed by atoms with E-state index in [1.807, 2.05) is 0 Å². The maximum absolute atomic E-state index is 12.0. The smallest absolute Gasteiger partial charge is 0.329 e. The molecule has 6 nitrogen and oxygen atoms in total. The van der Waals surface area contributed by atoms with Gasteiger partial charge in [-0.05, 0) is 32.1 Å². The van der Waals surface area contributed by atoms with Crippen molar-refractivity contribution in [3.05, 3.63) is 0 Å².